The Hall–Kier alpha value is -0.860. The fourth-order valence-corrected chi connectivity index (χ4v) is 2.89. The average molecular weight is 274 g/mol. The van der Waals surface area contributed by atoms with Crippen LogP contribution in [-0.2, 0) is 6.54 Å². The summed E-state index contributed by atoms with van der Waals surface area (Å²) in [4.78, 5) is 2.62. The SMILES string of the molecule is CC1CNC(C)CCN(Cc2ccc(C(C)C)cc2)C1. The van der Waals surface area contributed by atoms with Gasteiger partial charge in [0.2, 0.25) is 0 Å². The lowest BCUT2D eigenvalue weighted by molar-refractivity contribution is 0.195. The zero-order valence-electron chi connectivity index (χ0n) is 13.5. The first-order valence-electron chi connectivity index (χ1n) is 8.09. The molecule has 1 aliphatic heterocycles. The lowest BCUT2D eigenvalue weighted by Crippen LogP contribution is -2.42. The van der Waals surface area contributed by atoms with Crippen LogP contribution in [0.3, 0.4) is 0 Å². The maximum absolute atomic E-state index is 3.61. The monoisotopic (exact) mass is 274 g/mol. The molecule has 1 aromatic rings. The van der Waals surface area contributed by atoms with Crippen molar-refractivity contribution in [2.45, 2.75) is 52.6 Å². The first-order valence-corrected chi connectivity index (χ1v) is 8.09. The van der Waals surface area contributed by atoms with Crippen LogP contribution in [0.4, 0.5) is 0 Å². The summed E-state index contributed by atoms with van der Waals surface area (Å²) in [5.41, 5.74) is 2.88. The predicted octanol–water partition coefficient (Wildman–Crippen LogP) is 3.63. The average Bonchev–Trinajstić information content (AvgIpc) is 2.41. The molecular weight excluding hydrogens is 244 g/mol. The van der Waals surface area contributed by atoms with Gasteiger partial charge in [0.05, 0.1) is 0 Å². The van der Waals surface area contributed by atoms with Crippen molar-refractivity contribution < 1.29 is 0 Å². The van der Waals surface area contributed by atoms with E-state index in [1.807, 2.05) is 0 Å². The minimum absolute atomic E-state index is 0.623. The van der Waals surface area contributed by atoms with Gasteiger partial charge in [-0.1, -0.05) is 45.0 Å². The maximum Gasteiger partial charge on any atom is 0.0233 e. The van der Waals surface area contributed by atoms with Crippen LogP contribution < -0.4 is 5.32 Å². The van der Waals surface area contributed by atoms with E-state index < -0.39 is 0 Å². The molecule has 1 heterocycles. The largest absolute Gasteiger partial charge is 0.314 e. The fraction of sp³-hybridized carbons (Fsp3) is 0.667. The van der Waals surface area contributed by atoms with Gasteiger partial charge in [-0.15, -0.1) is 0 Å². The summed E-state index contributed by atoms with van der Waals surface area (Å²) >= 11 is 0. The highest BCUT2D eigenvalue weighted by Crippen LogP contribution is 2.17. The fourth-order valence-electron chi connectivity index (χ4n) is 2.89. The maximum atomic E-state index is 3.61. The summed E-state index contributed by atoms with van der Waals surface area (Å²) in [7, 11) is 0. The van der Waals surface area contributed by atoms with Gasteiger partial charge in [-0.05, 0) is 49.4 Å². The Morgan fingerprint density at radius 2 is 1.90 bits per heavy atom. The van der Waals surface area contributed by atoms with Crippen molar-refractivity contribution in [3.8, 4) is 0 Å². The zero-order valence-corrected chi connectivity index (χ0v) is 13.5. The number of benzene rings is 1. The Kier molecular flexibility index (Phi) is 5.62. The van der Waals surface area contributed by atoms with E-state index in [4.69, 9.17) is 0 Å². The lowest BCUT2D eigenvalue weighted by atomic mass is 10.0. The van der Waals surface area contributed by atoms with E-state index in [1.54, 1.807) is 0 Å². The molecule has 112 valence electrons. The molecule has 2 unspecified atom stereocenters. The molecule has 1 aliphatic rings. The van der Waals surface area contributed by atoms with Crippen LogP contribution in [0.1, 0.15) is 51.2 Å². The Balaban J connectivity index is 1.96. The molecule has 0 amide bonds. The van der Waals surface area contributed by atoms with E-state index in [1.165, 1.54) is 30.6 Å². The van der Waals surface area contributed by atoms with Crippen LogP contribution >= 0.6 is 0 Å². The number of hydrogen-bond donors (Lipinski definition) is 1. The summed E-state index contributed by atoms with van der Waals surface area (Å²) < 4.78 is 0. The first-order chi connectivity index (χ1) is 9.54. The second kappa shape index (κ2) is 7.24. The Labute approximate surface area is 124 Å². The Morgan fingerprint density at radius 3 is 2.55 bits per heavy atom. The highest BCUT2D eigenvalue weighted by atomic mass is 15.1. The standard InChI is InChI=1S/C18H30N2/c1-14(2)18-7-5-17(6-8-18)13-20-10-9-16(4)19-11-15(3)12-20/h5-8,14-16,19H,9-13H2,1-4H3. The summed E-state index contributed by atoms with van der Waals surface area (Å²) in [5.74, 6) is 1.35. The third kappa shape index (κ3) is 4.60. The molecule has 2 heteroatoms. The van der Waals surface area contributed by atoms with Gasteiger partial charge < -0.3 is 5.32 Å². The number of nitrogens with zero attached hydrogens (tertiary/aromatic N) is 1. The third-order valence-electron chi connectivity index (χ3n) is 4.32. The van der Waals surface area contributed by atoms with Crippen LogP contribution in [0.25, 0.3) is 0 Å². The summed E-state index contributed by atoms with van der Waals surface area (Å²) in [6, 6.07) is 9.83. The van der Waals surface area contributed by atoms with Gasteiger partial charge in [-0.3, -0.25) is 4.90 Å². The van der Waals surface area contributed by atoms with Crippen molar-refractivity contribution in [3.63, 3.8) is 0 Å². The highest BCUT2D eigenvalue weighted by molar-refractivity contribution is 5.24. The molecule has 1 saturated heterocycles. The van der Waals surface area contributed by atoms with Crippen molar-refractivity contribution in [3.05, 3.63) is 35.4 Å². The molecule has 1 aromatic carbocycles. The molecule has 0 saturated carbocycles. The smallest absolute Gasteiger partial charge is 0.0233 e. The molecule has 1 N–H and O–H groups in total. The van der Waals surface area contributed by atoms with Crippen LogP contribution in [0.15, 0.2) is 24.3 Å². The molecule has 2 rings (SSSR count). The third-order valence-corrected chi connectivity index (χ3v) is 4.32. The number of nitrogens with one attached hydrogen (secondary N) is 1. The lowest BCUT2D eigenvalue weighted by Gasteiger charge is -2.31. The van der Waals surface area contributed by atoms with Gasteiger partial charge in [0.15, 0.2) is 0 Å². The second-order valence-corrected chi connectivity index (χ2v) is 6.83. The molecule has 1 fully saturated rings. The molecule has 20 heavy (non-hydrogen) atoms. The van der Waals surface area contributed by atoms with E-state index >= 15 is 0 Å². The molecule has 0 aliphatic carbocycles. The molecular formula is C18H30N2. The van der Waals surface area contributed by atoms with E-state index in [0.717, 1.165) is 19.0 Å². The van der Waals surface area contributed by atoms with Crippen LogP contribution in [0.2, 0.25) is 0 Å². The summed E-state index contributed by atoms with van der Waals surface area (Å²) in [6.45, 7) is 13.8. The van der Waals surface area contributed by atoms with Crippen LogP contribution in [0, 0.1) is 5.92 Å². The van der Waals surface area contributed by atoms with Crippen molar-refractivity contribution in [1.29, 1.82) is 0 Å². The molecule has 0 bridgehead atoms. The second-order valence-electron chi connectivity index (χ2n) is 6.83. The van der Waals surface area contributed by atoms with E-state index in [0.29, 0.717) is 12.0 Å². The van der Waals surface area contributed by atoms with Crippen molar-refractivity contribution >= 4 is 0 Å². The molecule has 0 radical (unpaired) electrons. The van der Waals surface area contributed by atoms with Crippen LogP contribution in [0.5, 0.6) is 0 Å². The topological polar surface area (TPSA) is 15.3 Å². The predicted molar refractivity (Wildman–Crippen MR) is 87.1 cm³/mol. The van der Waals surface area contributed by atoms with Crippen molar-refractivity contribution in [1.82, 2.24) is 10.2 Å². The number of rotatable bonds is 3. The molecule has 0 aromatic heterocycles. The minimum Gasteiger partial charge on any atom is -0.314 e. The van der Waals surface area contributed by atoms with E-state index in [-0.39, 0.29) is 0 Å². The van der Waals surface area contributed by atoms with Gasteiger partial charge in [0.1, 0.15) is 0 Å². The van der Waals surface area contributed by atoms with E-state index in [9.17, 15) is 0 Å². The molecule has 2 atom stereocenters. The Morgan fingerprint density at radius 1 is 1.20 bits per heavy atom. The molecule has 0 spiro atoms. The van der Waals surface area contributed by atoms with Gasteiger partial charge >= 0.3 is 0 Å². The van der Waals surface area contributed by atoms with Gasteiger partial charge in [0, 0.05) is 19.1 Å². The quantitative estimate of drug-likeness (QED) is 0.905. The van der Waals surface area contributed by atoms with Crippen molar-refractivity contribution in [2.75, 3.05) is 19.6 Å². The first kappa shape index (κ1) is 15.5. The Bertz CT molecular complexity index is 396. The van der Waals surface area contributed by atoms with Gasteiger partial charge in [-0.2, -0.15) is 0 Å². The van der Waals surface area contributed by atoms with E-state index in [2.05, 4.69) is 62.2 Å². The van der Waals surface area contributed by atoms with Crippen LogP contribution in [-0.4, -0.2) is 30.6 Å². The normalized spacial score (nSPS) is 25.4. The summed E-state index contributed by atoms with van der Waals surface area (Å²) in [5, 5.41) is 3.61. The zero-order chi connectivity index (χ0) is 14.5. The number of hydrogen-bond acceptors (Lipinski definition) is 2. The summed E-state index contributed by atoms with van der Waals surface area (Å²) in [6.07, 6.45) is 1.25. The van der Waals surface area contributed by atoms with Gasteiger partial charge in [-0.25, -0.2) is 0 Å². The molecule has 2 nitrogen and oxygen atoms in total. The van der Waals surface area contributed by atoms with Gasteiger partial charge in [0.25, 0.3) is 0 Å². The minimum atomic E-state index is 0.623. The van der Waals surface area contributed by atoms with Crippen molar-refractivity contribution in [2.24, 2.45) is 5.92 Å². The highest BCUT2D eigenvalue weighted by Gasteiger charge is 2.16.